The molecule has 1 fully saturated rings. The summed E-state index contributed by atoms with van der Waals surface area (Å²) in [6.07, 6.45) is -0.865. The van der Waals surface area contributed by atoms with Crippen LogP contribution in [0, 0.1) is 0 Å². The Morgan fingerprint density at radius 2 is 2.21 bits per heavy atom. The van der Waals surface area contributed by atoms with Gasteiger partial charge in [-0.1, -0.05) is 22.0 Å². The first-order chi connectivity index (χ1) is 8.44. The van der Waals surface area contributed by atoms with Crippen LogP contribution in [0.1, 0.15) is 11.6 Å². The molecule has 0 aromatic heterocycles. The predicted octanol–water partition coefficient (Wildman–Crippen LogP) is 3.30. The van der Waals surface area contributed by atoms with Crippen LogP contribution in [0.25, 0.3) is 0 Å². The maximum atomic E-state index is 13.7. The van der Waals surface area contributed by atoms with Gasteiger partial charge < -0.3 is 14.8 Å². The lowest BCUT2D eigenvalue weighted by molar-refractivity contribution is -0.104. The summed E-state index contributed by atoms with van der Waals surface area (Å²) in [5.74, 6) is -2.91. The van der Waals surface area contributed by atoms with Crippen molar-refractivity contribution in [3.8, 4) is 5.75 Å². The van der Waals surface area contributed by atoms with Gasteiger partial charge in [0.2, 0.25) is 0 Å². The molecule has 0 bridgehead atoms. The molecule has 0 saturated carbocycles. The molecule has 1 heterocycles. The quantitative estimate of drug-likeness (QED) is 0.882. The number of methoxy groups -OCH3 is 1. The second-order valence-electron chi connectivity index (χ2n) is 3.80. The highest BCUT2D eigenvalue weighted by molar-refractivity contribution is 9.10. The molecule has 1 aromatic carbocycles. The topological polar surface area (TPSA) is 47.6 Å². The van der Waals surface area contributed by atoms with Gasteiger partial charge in [0, 0.05) is 10.0 Å². The van der Waals surface area contributed by atoms with Crippen molar-refractivity contribution in [2.24, 2.45) is 0 Å². The van der Waals surface area contributed by atoms with Crippen LogP contribution in [0.3, 0.4) is 0 Å². The van der Waals surface area contributed by atoms with E-state index < -0.39 is 24.7 Å². The normalized spacial score (nSPS) is 20.8. The van der Waals surface area contributed by atoms with Gasteiger partial charge in [-0.15, -0.1) is 12.4 Å². The van der Waals surface area contributed by atoms with Crippen LogP contribution in [-0.2, 0) is 4.74 Å². The van der Waals surface area contributed by atoms with E-state index in [-0.39, 0.29) is 23.7 Å². The first-order valence-corrected chi connectivity index (χ1v) is 5.88. The SMILES string of the molecule is COc1cc(Br)ccc1[C@H]1NC(=O)OCC1(F)F.Cl. The molecule has 4 nitrogen and oxygen atoms in total. The summed E-state index contributed by atoms with van der Waals surface area (Å²) in [6.45, 7) is -0.942. The van der Waals surface area contributed by atoms with Crippen LogP contribution in [0.2, 0.25) is 0 Å². The third kappa shape index (κ3) is 3.27. The molecule has 1 N–H and O–H groups in total. The summed E-state index contributed by atoms with van der Waals surface area (Å²) in [7, 11) is 1.38. The van der Waals surface area contributed by atoms with Crippen LogP contribution in [0.5, 0.6) is 5.75 Å². The number of amides is 1. The van der Waals surface area contributed by atoms with E-state index in [1.54, 1.807) is 12.1 Å². The molecule has 1 amide bonds. The van der Waals surface area contributed by atoms with Crippen molar-refractivity contribution < 1.29 is 23.0 Å². The van der Waals surface area contributed by atoms with Crippen molar-refractivity contribution in [1.82, 2.24) is 5.32 Å². The van der Waals surface area contributed by atoms with Gasteiger partial charge in [0.25, 0.3) is 0 Å². The van der Waals surface area contributed by atoms with Crippen molar-refractivity contribution in [3.05, 3.63) is 28.2 Å². The number of cyclic esters (lactones) is 1. The van der Waals surface area contributed by atoms with E-state index in [0.717, 1.165) is 0 Å². The zero-order chi connectivity index (χ0) is 13.3. The van der Waals surface area contributed by atoms with E-state index in [9.17, 15) is 13.6 Å². The summed E-state index contributed by atoms with van der Waals surface area (Å²) in [4.78, 5) is 11.1. The van der Waals surface area contributed by atoms with Crippen molar-refractivity contribution in [2.45, 2.75) is 12.0 Å². The average Bonchev–Trinajstić information content (AvgIpc) is 2.32. The number of carbonyl (C=O) groups excluding carboxylic acids is 1. The van der Waals surface area contributed by atoms with Crippen LogP contribution in [0.15, 0.2) is 22.7 Å². The van der Waals surface area contributed by atoms with Gasteiger partial charge in [-0.05, 0) is 12.1 Å². The molecule has 1 atom stereocenters. The van der Waals surface area contributed by atoms with Gasteiger partial charge in [-0.25, -0.2) is 13.6 Å². The molecule has 106 valence electrons. The molecule has 0 aliphatic carbocycles. The molecule has 2 rings (SSSR count). The number of ether oxygens (including phenoxy) is 2. The van der Waals surface area contributed by atoms with Crippen LogP contribution >= 0.6 is 28.3 Å². The van der Waals surface area contributed by atoms with Gasteiger partial charge in [-0.2, -0.15) is 0 Å². The fraction of sp³-hybridized carbons (Fsp3) is 0.364. The van der Waals surface area contributed by atoms with E-state index >= 15 is 0 Å². The number of hydrogen-bond acceptors (Lipinski definition) is 3. The smallest absolute Gasteiger partial charge is 0.408 e. The second-order valence-corrected chi connectivity index (χ2v) is 4.72. The minimum absolute atomic E-state index is 0. The van der Waals surface area contributed by atoms with Crippen LogP contribution < -0.4 is 10.1 Å². The first-order valence-electron chi connectivity index (χ1n) is 5.08. The van der Waals surface area contributed by atoms with E-state index in [1.165, 1.54) is 13.2 Å². The lowest BCUT2D eigenvalue weighted by Gasteiger charge is -2.32. The Bertz CT molecular complexity index is 487. The highest BCUT2D eigenvalue weighted by Gasteiger charge is 2.47. The standard InChI is InChI=1S/C11H10BrF2NO3.ClH/c1-17-8-4-6(12)2-3-7(8)9-11(13,14)5-18-10(16)15-9;/h2-4,9H,5H2,1H3,(H,15,16);1H/t9-;/m1./s1. The predicted molar refractivity (Wildman–Crippen MR) is 70.1 cm³/mol. The number of alkyl halides is 2. The highest BCUT2D eigenvalue weighted by atomic mass is 79.9. The average molecular weight is 359 g/mol. The van der Waals surface area contributed by atoms with Crippen molar-refractivity contribution >= 4 is 34.4 Å². The van der Waals surface area contributed by atoms with E-state index in [2.05, 4.69) is 26.0 Å². The Labute approximate surface area is 123 Å². The third-order valence-corrected chi connectivity index (χ3v) is 3.08. The summed E-state index contributed by atoms with van der Waals surface area (Å²) >= 11 is 3.22. The molecular weight excluding hydrogens is 347 g/mol. The number of nitrogens with one attached hydrogen (secondary N) is 1. The van der Waals surface area contributed by atoms with E-state index in [4.69, 9.17) is 4.74 Å². The summed E-state index contributed by atoms with van der Waals surface area (Å²) in [5.41, 5.74) is 0.211. The minimum Gasteiger partial charge on any atom is -0.496 e. The zero-order valence-corrected chi connectivity index (χ0v) is 12.2. The largest absolute Gasteiger partial charge is 0.496 e. The number of alkyl carbamates (subject to hydrolysis) is 1. The molecule has 1 aliphatic rings. The van der Waals surface area contributed by atoms with Crippen LogP contribution in [-0.4, -0.2) is 25.7 Å². The molecule has 0 spiro atoms. The fourth-order valence-corrected chi connectivity index (χ4v) is 2.08. The van der Waals surface area contributed by atoms with Crippen molar-refractivity contribution in [3.63, 3.8) is 0 Å². The second kappa shape index (κ2) is 5.92. The number of rotatable bonds is 2. The van der Waals surface area contributed by atoms with Crippen molar-refractivity contribution in [1.29, 1.82) is 0 Å². The molecule has 19 heavy (non-hydrogen) atoms. The van der Waals surface area contributed by atoms with Gasteiger partial charge in [0.15, 0.2) is 6.61 Å². The van der Waals surface area contributed by atoms with Gasteiger partial charge in [0.1, 0.15) is 11.8 Å². The molecule has 1 aromatic rings. The molecule has 1 aliphatic heterocycles. The molecule has 0 unspecified atom stereocenters. The number of hydrogen-bond donors (Lipinski definition) is 1. The van der Waals surface area contributed by atoms with Gasteiger partial charge in [-0.3, -0.25) is 0 Å². The Hall–Kier alpha value is -1.08. The highest BCUT2D eigenvalue weighted by Crippen LogP contribution is 2.39. The zero-order valence-electron chi connectivity index (χ0n) is 9.78. The number of benzene rings is 1. The fourth-order valence-electron chi connectivity index (χ4n) is 1.74. The maximum absolute atomic E-state index is 13.7. The molecule has 1 saturated heterocycles. The summed E-state index contributed by atoms with van der Waals surface area (Å²) in [5, 5.41) is 2.11. The maximum Gasteiger partial charge on any atom is 0.408 e. The first kappa shape index (κ1) is 16.0. The Morgan fingerprint density at radius 1 is 1.53 bits per heavy atom. The van der Waals surface area contributed by atoms with Gasteiger partial charge >= 0.3 is 12.0 Å². The third-order valence-electron chi connectivity index (χ3n) is 2.59. The van der Waals surface area contributed by atoms with Gasteiger partial charge in [0.05, 0.1) is 7.11 Å². The van der Waals surface area contributed by atoms with Crippen LogP contribution in [0.4, 0.5) is 13.6 Å². The Morgan fingerprint density at radius 3 is 2.84 bits per heavy atom. The minimum atomic E-state index is -3.19. The summed E-state index contributed by atoms with van der Waals surface area (Å²) in [6, 6.07) is 3.19. The molecule has 8 heteroatoms. The summed E-state index contributed by atoms with van der Waals surface area (Å²) < 4.78 is 37.5. The van der Waals surface area contributed by atoms with E-state index in [1.807, 2.05) is 0 Å². The Kier molecular flexibility index (Phi) is 4.98. The lowest BCUT2D eigenvalue weighted by atomic mass is 9.99. The molecule has 0 radical (unpaired) electrons. The number of carbonyl (C=O) groups is 1. The monoisotopic (exact) mass is 357 g/mol. The Balaban J connectivity index is 0.00000180. The number of halogens is 4. The lowest BCUT2D eigenvalue weighted by Crippen LogP contribution is -2.49. The van der Waals surface area contributed by atoms with Crippen molar-refractivity contribution in [2.75, 3.05) is 13.7 Å². The molecular formula is C11H11BrClF2NO3. The van der Waals surface area contributed by atoms with E-state index in [0.29, 0.717) is 4.47 Å².